The SMILES string of the molecule is CCCNc1cc(C(=O)NCCS(=O)(=O)CC)c(Cl)cn1. The lowest BCUT2D eigenvalue weighted by molar-refractivity contribution is 0.0956. The minimum Gasteiger partial charge on any atom is -0.370 e. The number of aromatic nitrogens is 1. The molecule has 8 heteroatoms. The van der Waals surface area contributed by atoms with Crippen LogP contribution in [0.2, 0.25) is 5.02 Å². The summed E-state index contributed by atoms with van der Waals surface area (Å²) < 4.78 is 22.7. The van der Waals surface area contributed by atoms with Crippen molar-refractivity contribution in [3.8, 4) is 0 Å². The van der Waals surface area contributed by atoms with Gasteiger partial charge in [-0.05, 0) is 12.5 Å². The third kappa shape index (κ3) is 5.89. The summed E-state index contributed by atoms with van der Waals surface area (Å²) in [4.78, 5) is 16.1. The molecule has 0 saturated carbocycles. The van der Waals surface area contributed by atoms with Gasteiger partial charge in [-0.2, -0.15) is 0 Å². The number of nitrogens with zero attached hydrogens (tertiary/aromatic N) is 1. The number of halogens is 1. The molecule has 1 heterocycles. The monoisotopic (exact) mass is 333 g/mol. The van der Waals surface area contributed by atoms with Crippen molar-refractivity contribution in [2.75, 3.05) is 29.9 Å². The second kappa shape index (κ2) is 8.19. The molecule has 0 aliphatic heterocycles. The molecule has 0 spiro atoms. The summed E-state index contributed by atoms with van der Waals surface area (Å²) in [5, 5.41) is 5.85. The van der Waals surface area contributed by atoms with E-state index in [1.807, 2.05) is 6.92 Å². The molecular formula is C13H20ClN3O3S. The minimum atomic E-state index is -3.10. The number of carbonyl (C=O) groups is 1. The molecule has 0 atom stereocenters. The van der Waals surface area contributed by atoms with Crippen molar-refractivity contribution >= 4 is 33.2 Å². The fourth-order valence-corrected chi connectivity index (χ4v) is 2.41. The standard InChI is InChI=1S/C13H20ClN3O3S/c1-3-5-15-12-8-10(11(14)9-17-12)13(18)16-6-7-21(19,20)4-2/h8-9H,3-7H2,1-2H3,(H,15,17)(H,16,18). The lowest BCUT2D eigenvalue weighted by atomic mass is 10.2. The van der Waals surface area contributed by atoms with E-state index < -0.39 is 15.7 Å². The molecule has 1 rings (SSSR count). The number of rotatable bonds is 8. The van der Waals surface area contributed by atoms with Crippen LogP contribution >= 0.6 is 11.6 Å². The lowest BCUT2D eigenvalue weighted by Gasteiger charge is -2.09. The Balaban J connectivity index is 2.68. The maximum absolute atomic E-state index is 12.0. The molecule has 6 nitrogen and oxygen atoms in total. The predicted molar refractivity (Wildman–Crippen MR) is 84.7 cm³/mol. The van der Waals surface area contributed by atoms with Crippen molar-refractivity contribution in [1.82, 2.24) is 10.3 Å². The Morgan fingerprint density at radius 2 is 2.05 bits per heavy atom. The summed E-state index contributed by atoms with van der Waals surface area (Å²) in [5.74, 6) is 0.129. The number of pyridine rings is 1. The molecule has 0 aliphatic carbocycles. The molecule has 0 saturated heterocycles. The Labute approximate surface area is 130 Å². The average molecular weight is 334 g/mol. The predicted octanol–water partition coefficient (Wildman–Crippen LogP) is 1.72. The molecule has 1 amide bonds. The largest absolute Gasteiger partial charge is 0.370 e. The van der Waals surface area contributed by atoms with E-state index in [9.17, 15) is 13.2 Å². The highest BCUT2D eigenvalue weighted by atomic mass is 35.5. The molecule has 0 aromatic carbocycles. The molecule has 1 aromatic rings. The molecule has 21 heavy (non-hydrogen) atoms. The smallest absolute Gasteiger partial charge is 0.253 e. The van der Waals surface area contributed by atoms with E-state index in [0.29, 0.717) is 5.82 Å². The van der Waals surface area contributed by atoms with Crippen molar-refractivity contribution in [2.45, 2.75) is 20.3 Å². The Hall–Kier alpha value is -1.34. The van der Waals surface area contributed by atoms with Gasteiger partial charge >= 0.3 is 0 Å². The second-order valence-corrected chi connectivity index (χ2v) is 7.35. The highest BCUT2D eigenvalue weighted by Crippen LogP contribution is 2.17. The van der Waals surface area contributed by atoms with Gasteiger partial charge in [0.15, 0.2) is 9.84 Å². The van der Waals surface area contributed by atoms with E-state index >= 15 is 0 Å². The third-order valence-corrected chi connectivity index (χ3v) is 4.80. The maximum Gasteiger partial charge on any atom is 0.253 e. The Morgan fingerprint density at radius 1 is 1.33 bits per heavy atom. The maximum atomic E-state index is 12.0. The van der Waals surface area contributed by atoms with E-state index in [4.69, 9.17) is 11.6 Å². The van der Waals surface area contributed by atoms with Crippen LogP contribution in [0.15, 0.2) is 12.3 Å². The number of amides is 1. The zero-order chi connectivity index (χ0) is 15.9. The Morgan fingerprint density at radius 3 is 2.67 bits per heavy atom. The fraction of sp³-hybridized carbons (Fsp3) is 0.538. The van der Waals surface area contributed by atoms with Gasteiger partial charge in [0.2, 0.25) is 0 Å². The summed E-state index contributed by atoms with van der Waals surface area (Å²) >= 11 is 5.95. The van der Waals surface area contributed by atoms with Crippen LogP contribution in [0.5, 0.6) is 0 Å². The van der Waals surface area contributed by atoms with Crippen LogP contribution in [-0.4, -0.2) is 43.9 Å². The number of hydrogen-bond donors (Lipinski definition) is 2. The second-order valence-electron chi connectivity index (χ2n) is 4.47. The zero-order valence-corrected chi connectivity index (χ0v) is 13.7. The number of sulfone groups is 1. The van der Waals surface area contributed by atoms with E-state index in [1.165, 1.54) is 6.20 Å². The van der Waals surface area contributed by atoms with Gasteiger partial charge in [0.25, 0.3) is 5.91 Å². The number of anilines is 1. The molecule has 118 valence electrons. The van der Waals surface area contributed by atoms with Crippen LogP contribution in [0, 0.1) is 0 Å². The first kappa shape index (κ1) is 17.7. The molecule has 0 bridgehead atoms. The van der Waals surface area contributed by atoms with Crippen LogP contribution in [0.3, 0.4) is 0 Å². The molecule has 1 aromatic heterocycles. The minimum absolute atomic E-state index is 0.0595. The molecule has 0 fully saturated rings. The molecule has 0 unspecified atom stereocenters. The first-order valence-electron chi connectivity index (χ1n) is 6.77. The van der Waals surface area contributed by atoms with E-state index in [1.54, 1.807) is 13.0 Å². The van der Waals surface area contributed by atoms with Gasteiger partial charge in [0.05, 0.1) is 16.3 Å². The summed E-state index contributed by atoms with van der Waals surface area (Å²) in [6, 6.07) is 1.56. The average Bonchev–Trinajstić information content (AvgIpc) is 2.46. The van der Waals surface area contributed by atoms with Crippen molar-refractivity contribution in [2.24, 2.45) is 0 Å². The van der Waals surface area contributed by atoms with Crippen LogP contribution in [0.1, 0.15) is 30.6 Å². The fourth-order valence-electron chi connectivity index (χ4n) is 1.52. The van der Waals surface area contributed by atoms with Gasteiger partial charge in [-0.3, -0.25) is 4.79 Å². The van der Waals surface area contributed by atoms with Crippen molar-refractivity contribution in [1.29, 1.82) is 0 Å². The third-order valence-electron chi connectivity index (χ3n) is 2.79. The van der Waals surface area contributed by atoms with E-state index in [2.05, 4.69) is 15.6 Å². The summed E-state index contributed by atoms with van der Waals surface area (Å²) in [6.45, 7) is 4.39. The van der Waals surface area contributed by atoms with Gasteiger partial charge in [-0.25, -0.2) is 13.4 Å². The molecular weight excluding hydrogens is 314 g/mol. The highest BCUT2D eigenvalue weighted by molar-refractivity contribution is 7.91. The Kier molecular flexibility index (Phi) is 6.91. The van der Waals surface area contributed by atoms with Crippen LogP contribution < -0.4 is 10.6 Å². The molecule has 2 N–H and O–H groups in total. The number of nitrogens with one attached hydrogen (secondary N) is 2. The topological polar surface area (TPSA) is 88.2 Å². The zero-order valence-electron chi connectivity index (χ0n) is 12.1. The lowest BCUT2D eigenvalue weighted by Crippen LogP contribution is -2.29. The van der Waals surface area contributed by atoms with Crippen LogP contribution in [-0.2, 0) is 9.84 Å². The summed E-state index contributed by atoms with van der Waals surface area (Å²) in [7, 11) is -3.10. The first-order chi connectivity index (χ1) is 9.89. The summed E-state index contributed by atoms with van der Waals surface area (Å²) in [5.41, 5.74) is 0.277. The van der Waals surface area contributed by atoms with Crippen molar-refractivity contribution in [3.63, 3.8) is 0 Å². The first-order valence-corrected chi connectivity index (χ1v) is 8.97. The quantitative estimate of drug-likeness (QED) is 0.756. The van der Waals surface area contributed by atoms with Crippen LogP contribution in [0.4, 0.5) is 5.82 Å². The summed E-state index contributed by atoms with van der Waals surface area (Å²) in [6.07, 6.45) is 2.33. The Bertz CT molecular complexity index is 590. The van der Waals surface area contributed by atoms with Crippen molar-refractivity contribution < 1.29 is 13.2 Å². The number of hydrogen-bond acceptors (Lipinski definition) is 5. The molecule has 0 aliphatic rings. The van der Waals surface area contributed by atoms with E-state index in [-0.39, 0.29) is 28.6 Å². The van der Waals surface area contributed by atoms with Gasteiger partial charge in [-0.1, -0.05) is 25.4 Å². The number of carbonyl (C=O) groups excluding carboxylic acids is 1. The molecule has 0 radical (unpaired) electrons. The van der Waals surface area contributed by atoms with Gasteiger partial charge in [-0.15, -0.1) is 0 Å². The van der Waals surface area contributed by atoms with Crippen LogP contribution in [0.25, 0.3) is 0 Å². The highest BCUT2D eigenvalue weighted by Gasteiger charge is 2.13. The van der Waals surface area contributed by atoms with E-state index in [0.717, 1.165) is 13.0 Å². The normalized spacial score (nSPS) is 11.2. The van der Waals surface area contributed by atoms with Gasteiger partial charge < -0.3 is 10.6 Å². The van der Waals surface area contributed by atoms with Crippen molar-refractivity contribution in [3.05, 3.63) is 22.8 Å². The van der Waals surface area contributed by atoms with Gasteiger partial charge in [0, 0.05) is 25.0 Å². The van der Waals surface area contributed by atoms with Gasteiger partial charge in [0.1, 0.15) is 5.82 Å².